The number of nitrogens with one attached hydrogen (secondary N) is 1. The van der Waals surface area contributed by atoms with Crippen LogP contribution in [0.2, 0.25) is 0 Å². The largest absolute Gasteiger partial charge is 0.347 e. The number of rotatable bonds is 4. The van der Waals surface area contributed by atoms with Gasteiger partial charge in [0.15, 0.2) is 0 Å². The van der Waals surface area contributed by atoms with Crippen molar-refractivity contribution in [1.82, 2.24) is 9.88 Å². The highest BCUT2D eigenvalue weighted by atomic mass is 79.9. The first-order valence-electron chi connectivity index (χ1n) is 6.45. The number of halogens is 1. The zero-order valence-corrected chi connectivity index (χ0v) is 12.9. The third-order valence-corrected chi connectivity index (χ3v) is 3.46. The fraction of sp³-hybridized carbons (Fsp3) is 0.467. The third-order valence-electron chi connectivity index (χ3n) is 2.97. The highest BCUT2D eigenvalue weighted by Crippen LogP contribution is 2.21. The average molecular weight is 309 g/mol. The van der Waals surface area contributed by atoms with Crippen molar-refractivity contribution in [2.24, 2.45) is 0 Å². The molecule has 0 aliphatic carbocycles. The van der Waals surface area contributed by atoms with E-state index in [1.54, 1.807) is 0 Å². The topological polar surface area (TPSA) is 17.0 Å². The van der Waals surface area contributed by atoms with Gasteiger partial charge >= 0.3 is 0 Å². The molecule has 0 spiro atoms. The fourth-order valence-corrected chi connectivity index (χ4v) is 2.41. The molecule has 2 aromatic rings. The van der Waals surface area contributed by atoms with Gasteiger partial charge in [-0.25, -0.2) is 0 Å². The quantitative estimate of drug-likeness (QED) is 0.838. The Morgan fingerprint density at radius 2 is 2.00 bits per heavy atom. The lowest BCUT2D eigenvalue weighted by molar-refractivity contribution is 0.414. The first-order valence-corrected chi connectivity index (χ1v) is 7.24. The van der Waals surface area contributed by atoms with Crippen molar-refractivity contribution in [2.75, 3.05) is 6.54 Å². The zero-order chi connectivity index (χ0) is 13.2. The molecule has 0 atom stereocenters. The molecule has 1 aromatic carbocycles. The van der Waals surface area contributed by atoms with Crippen LogP contribution in [-0.2, 0) is 6.54 Å². The van der Waals surface area contributed by atoms with E-state index in [4.69, 9.17) is 0 Å². The summed E-state index contributed by atoms with van der Waals surface area (Å²) in [5, 5.41) is 4.83. The third kappa shape index (κ3) is 3.59. The van der Waals surface area contributed by atoms with Crippen LogP contribution in [0.4, 0.5) is 0 Å². The number of nitrogens with zero attached hydrogens (tertiary/aromatic N) is 1. The molecule has 0 radical (unpaired) electrons. The molecule has 0 aliphatic rings. The Labute approximate surface area is 118 Å². The summed E-state index contributed by atoms with van der Waals surface area (Å²) in [5.74, 6) is 0. The molecule has 1 aromatic heterocycles. The predicted octanol–water partition coefficient (Wildman–Crippen LogP) is 4.18. The van der Waals surface area contributed by atoms with Gasteiger partial charge in [-0.2, -0.15) is 0 Å². The maximum Gasteiger partial charge on any atom is 0.0491 e. The van der Waals surface area contributed by atoms with Crippen LogP contribution < -0.4 is 5.32 Å². The van der Waals surface area contributed by atoms with Gasteiger partial charge in [0.1, 0.15) is 0 Å². The van der Waals surface area contributed by atoms with Gasteiger partial charge in [-0.1, -0.05) is 22.0 Å². The molecule has 3 heteroatoms. The van der Waals surface area contributed by atoms with E-state index in [1.165, 1.54) is 10.9 Å². The summed E-state index contributed by atoms with van der Waals surface area (Å²) in [6.45, 7) is 8.72. The highest BCUT2D eigenvalue weighted by Gasteiger charge is 2.07. The molecule has 0 fully saturated rings. The lowest BCUT2D eigenvalue weighted by Gasteiger charge is -2.20. The minimum absolute atomic E-state index is 0.210. The average Bonchev–Trinajstić information content (AvgIpc) is 2.66. The number of aromatic nitrogens is 1. The molecule has 0 aliphatic heterocycles. The summed E-state index contributed by atoms with van der Waals surface area (Å²) in [6, 6.07) is 8.61. The van der Waals surface area contributed by atoms with Crippen molar-refractivity contribution in [3.63, 3.8) is 0 Å². The van der Waals surface area contributed by atoms with Gasteiger partial charge in [-0.15, -0.1) is 0 Å². The minimum atomic E-state index is 0.210. The lowest BCUT2D eigenvalue weighted by Crippen LogP contribution is -2.36. The van der Waals surface area contributed by atoms with Crippen molar-refractivity contribution in [3.8, 4) is 0 Å². The molecule has 18 heavy (non-hydrogen) atoms. The summed E-state index contributed by atoms with van der Waals surface area (Å²) in [4.78, 5) is 0. The molecular weight excluding hydrogens is 288 g/mol. The van der Waals surface area contributed by atoms with Crippen LogP contribution in [0.5, 0.6) is 0 Å². The molecule has 0 bridgehead atoms. The molecule has 2 nitrogen and oxygen atoms in total. The molecule has 0 amide bonds. The van der Waals surface area contributed by atoms with Crippen LogP contribution in [0.1, 0.15) is 27.2 Å². The van der Waals surface area contributed by atoms with Crippen LogP contribution in [0.25, 0.3) is 10.9 Å². The molecule has 98 valence electrons. The van der Waals surface area contributed by atoms with E-state index >= 15 is 0 Å². The summed E-state index contributed by atoms with van der Waals surface area (Å²) >= 11 is 3.53. The monoisotopic (exact) mass is 308 g/mol. The van der Waals surface area contributed by atoms with Crippen LogP contribution in [-0.4, -0.2) is 16.7 Å². The van der Waals surface area contributed by atoms with Gasteiger partial charge in [0.05, 0.1) is 0 Å². The fourth-order valence-electron chi connectivity index (χ4n) is 2.06. The maximum absolute atomic E-state index is 3.53. The molecule has 1 N–H and O–H groups in total. The van der Waals surface area contributed by atoms with Crippen molar-refractivity contribution in [3.05, 3.63) is 34.9 Å². The van der Waals surface area contributed by atoms with Crippen molar-refractivity contribution < 1.29 is 0 Å². The Morgan fingerprint density at radius 3 is 2.72 bits per heavy atom. The van der Waals surface area contributed by atoms with Crippen molar-refractivity contribution >= 4 is 26.8 Å². The molecule has 1 heterocycles. The van der Waals surface area contributed by atoms with Gasteiger partial charge in [0, 0.05) is 28.3 Å². The summed E-state index contributed by atoms with van der Waals surface area (Å²) in [6.07, 6.45) is 3.32. The second kappa shape index (κ2) is 5.45. The number of benzene rings is 1. The van der Waals surface area contributed by atoms with Gasteiger partial charge in [-0.3, -0.25) is 0 Å². The van der Waals surface area contributed by atoms with E-state index in [1.807, 2.05) is 0 Å². The highest BCUT2D eigenvalue weighted by molar-refractivity contribution is 9.10. The van der Waals surface area contributed by atoms with E-state index in [-0.39, 0.29) is 5.54 Å². The normalized spacial score (nSPS) is 12.2. The van der Waals surface area contributed by atoms with Gasteiger partial charge < -0.3 is 9.88 Å². The molecule has 2 rings (SSSR count). The van der Waals surface area contributed by atoms with Gasteiger partial charge in [0.2, 0.25) is 0 Å². The van der Waals surface area contributed by atoms with E-state index in [0.717, 1.165) is 24.0 Å². The molecule has 0 saturated carbocycles. The van der Waals surface area contributed by atoms with Crippen LogP contribution in [0, 0.1) is 0 Å². The van der Waals surface area contributed by atoms with E-state index in [2.05, 4.69) is 77.0 Å². The Bertz CT molecular complexity index is 523. The Hall–Kier alpha value is -0.800. The van der Waals surface area contributed by atoms with E-state index < -0.39 is 0 Å². The predicted molar refractivity (Wildman–Crippen MR) is 82.0 cm³/mol. The number of hydrogen-bond donors (Lipinski definition) is 1. The van der Waals surface area contributed by atoms with Crippen molar-refractivity contribution in [1.29, 1.82) is 0 Å². The standard InChI is InChI=1S/C15H21BrN2/c1-15(2,3)17-8-4-9-18-10-7-12-5-6-13(16)11-14(12)18/h5-7,10-11,17H,4,8-9H2,1-3H3. The van der Waals surface area contributed by atoms with Crippen molar-refractivity contribution in [2.45, 2.75) is 39.3 Å². The summed E-state index contributed by atoms with van der Waals surface area (Å²) in [7, 11) is 0. The van der Waals surface area contributed by atoms with Gasteiger partial charge in [0.25, 0.3) is 0 Å². The first-order chi connectivity index (χ1) is 8.46. The SMILES string of the molecule is CC(C)(C)NCCCn1ccc2ccc(Br)cc21. The Morgan fingerprint density at radius 1 is 1.22 bits per heavy atom. The van der Waals surface area contributed by atoms with Crippen LogP contribution in [0.3, 0.4) is 0 Å². The molecule has 0 saturated heterocycles. The first kappa shape index (κ1) is 13.6. The summed E-state index contributed by atoms with van der Waals surface area (Å²) < 4.78 is 3.47. The Balaban J connectivity index is 1.98. The molecule has 0 unspecified atom stereocenters. The Kier molecular flexibility index (Phi) is 4.13. The molecular formula is C15H21BrN2. The lowest BCUT2D eigenvalue weighted by atomic mass is 10.1. The van der Waals surface area contributed by atoms with Crippen LogP contribution in [0.15, 0.2) is 34.9 Å². The minimum Gasteiger partial charge on any atom is -0.347 e. The number of hydrogen-bond acceptors (Lipinski definition) is 1. The van der Waals surface area contributed by atoms with E-state index in [9.17, 15) is 0 Å². The summed E-state index contributed by atoms with van der Waals surface area (Å²) in [5.41, 5.74) is 1.52. The number of aryl methyl sites for hydroxylation is 1. The maximum atomic E-state index is 3.53. The zero-order valence-electron chi connectivity index (χ0n) is 11.3. The second-order valence-corrected chi connectivity index (χ2v) is 6.66. The second-order valence-electron chi connectivity index (χ2n) is 5.74. The van der Waals surface area contributed by atoms with Gasteiger partial charge in [-0.05, 0) is 57.3 Å². The van der Waals surface area contributed by atoms with Crippen LogP contribution >= 0.6 is 15.9 Å². The smallest absolute Gasteiger partial charge is 0.0491 e. The van der Waals surface area contributed by atoms with E-state index in [0.29, 0.717) is 0 Å². The number of fused-ring (bicyclic) bond motifs is 1.